The monoisotopic (exact) mass is 458 g/mol. The van der Waals surface area contributed by atoms with Crippen LogP contribution in [0.3, 0.4) is 0 Å². The Hall–Kier alpha value is -3.59. The maximum Gasteiger partial charge on any atom is 0.275 e. The van der Waals surface area contributed by atoms with Crippen LogP contribution in [0.15, 0.2) is 42.5 Å². The van der Waals surface area contributed by atoms with E-state index in [1.54, 1.807) is 42.8 Å². The number of amides is 1. The summed E-state index contributed by atoms with van der Waals surface area (Å²) < 4.78 is 12.6. The molecule has 32 heavy (non-hydrogen) atoms. The van der Waals surface area contributed by atoms with Gasteiger partial charge in [-0.2, -0.15) is 5.10 Å². The predicted molar refractivity (Wildman–Crippen MR) is 121 cm³/mol. The number of non-ortho nitro benzene ring substituents is 1. The van der Waals surface area contributed by atoms with Gasteiger partial charge in [0, 0.05) is 12.1 Å². The molecule has 0 aliphatic rings. The number of nitrogens with one attached hydrogen (secondary N) is 1. The Morgan fingerprint density at radius 2 is 1.94 bits per heavy atom. The molecule has 0 saturated heterocycles. The Balaban J connectivity index is 1.92. The van der Waals surface area contributed by atoms with Crippen molar-refractivity contribution in [1.29, 1.82) is 0 Å². The molecule has 0 spiro atoms. The number of aromatic nitrogens is 2. The number of benzene rings is 2. The molecule has 1 unspecified atom stereocenters. The highest BCUT2D eigenvalue weighted by atomic mass is 35.5. The number of hydrogen-bond donors (Lipinski definition) is 1. The zero-order chi connectivity index (χ0) is 23.4. The minimum Gasteiger partial charge on any atom is -0.493 e. The normalized spacial score (nSPS) is 11.7. The van der Waals surface area contributed by atoms with Crippen molar-refractivity contribution in [3.63, 3.8) is 0 Å². The summed E-state index contributed by atoms with van der Waals surface area (Å²) in [6.45, 7) is 5.39. The fraction of sp³-hybridized carbons (Fsp3) is 0.273. The van der Waals surface area contributed by atoms with Crippen molar-refractivity contribution in [2.45, 2.75) is 33.2 Å². The number of nitrogens with zero attached hydrogens (tertiary/aromatic N) is 3. The van der Waals surface area contributed by atoms with E-state index >= 15 is 0 Å². The number of carbonyl (C=O) groups is 1. The lowest BCUT2D eigenvalue weighted by Gasteiger charge is -2.18. The summed E-state index contributed by atoms with van der Waals surface area (Å²) in [5.74, 6) is 0.660. The fourth-order valence-electron chi connectivity index (χ4n) is 3.29. The molecule has 1 amide bonds. The molecule has 0 saturated carbocycles. The van der Waals surface area contributed by atoms with Crippen molar-refractivity contribution in [3.05, 3.63) is 69.0 Å². The van der Waals surface area contributed by atoms with Crippen LogP contribution in [-0.2, 0) is 4.79 Å². The highest BCUT2D eigenvalue weighted by Crippen LogP contribution is 2.35. The molecule has 1 heterocycles. The van der Waals surface area contributed by atoms with E-state index in [1.165, 1.54) is 25.3 Å². The van der Waals surface area contributed by atoms with Crippen LogP contribution in [0.2, 0.25) is 5.02 Å². The highest BCUT2D eigenvalue weighted by molar-refractivity contribution is 6.31. The van der Waals surface area contributed by atoms with Gasteiger partial charge in [0.25, 0.3) is 5.69 Å². The van der Waals surface area contributed by atoms with Crippen molar-refractivity contribution in [2.75, 3.05) is 12.4 Å². The summed E-state index contributed by atoms with van der Waals surface area (Å²) >= 11 is 6.23. The van der Waals surface area contributed by atoms with Crippen molar-refractivity contribution < 1.29 is 19.2 Å². The SMILES string of the molecule is CCC(C(=O)Nc1cc(Oc2ccccc2OC)cc([N+](=O)[O-])c1)n1nc(C)c(Cl)c1C. The summed E-state index contributed by atoms with van der Waals surface area (Å²) in [4.78, 5) is 23.9. The zero-order valence-corrected chi connectivity index (χ0v) is 18.8. The van der Waals surface area contributed by atoms with E-state index in [0.29, 0.717) is 34.3 Å². The van der Waals surface area contributed by atoms with Gasteiger partial charge in [-0.25, -0.2) is 0 Å². The molecule has 3 aromatic rings. The molecule has 0 bridgehead atoms. The van der Waals surface area contributed by atoms with Crippen molar-refractivity contribution >= 4 is 28.9 Å². The van der Waals surface area contributed by atoms with Crippen LogP contribution in [0.5, 0.6) is 17.2 Å². The van der Waals surface area contributed by atoms with Gasteiger partial charge in [0.15, 0.2) is 11.5 Å². The summed E-state index contributed by atoms with van der Waals surface area (Å²) in [7, 11) is 1.50. The van der Waals surface area contributed by atoms with Gasteiger partial charge in [0.2, 0.25) is 5.91 Å². The van der Waals surface area contributed by atoms with E-state index in [4.69, 9.17) is 21.1 Å². The first-order chi connectivity index (χ1) is 15.2. The van der Waals surface area contributed by atoms with Gasteiger partial charge < -0.3 is 14.8 Å². The second-order valence-corrected chi connectivity index (χ2v) is 7.45. The molecule has 3 rings (SSSR count). The Bertz CT molecular complexity index is 1160. The summed E-state index contributed by atoms with van der Waals surface area (Å²) in [5.41, 5.74) is 1.29. The first kappa shape index (κ1) is 23.1. The van der Waals surface area contributed by atoms with Crippen LogP contribution in [0.25, 0.3) is 0 Å². The topological polar surface area (TPSA) is 109 Å². The van der Waals surface area contributed by atoms with Gasteiger partial charge in [0.05, 0.1) is 40.2 Å². The smallest absolute Gasteiger partial charge is 0.275 e. The van der Waals surface area contributed by atoms with Gasteiger partial charge in [-0.05, 0) is 32.4 Å². The standard InChI is InChI=1S/C22H23ClN4O5/c1-5-18(26-14(3)21(23)13(2)25-26)22(28)24-15-10-16(27(29)30)12-17(11-15)32-20-9-7-6-8-19(20)31-4/h6-12,18H,5H2,1-4H3,(H,24,28). The first-order valence-electron chi connectivity index (χ1n) is 9.87. The number of hydrogen-bond acceptors (Lipinski definition) is 6. The van der Waals surface area contributed by atoms with Crippen LogP contribution >= 0.6 is 11.6 Å². The third-order valence-corrected chi connectivity index (χ3v) is 5.43. The van der Waals surface area contributed by atoms with Gasteiger partial charge in [-0.1, -0.05) is 30.7 Å². The van der Waals surface area contributed by atoms with Crippen molar-refractivity contribution in [1.82, 2.24) is 9.78 Å². The number of anilines is 1. The van der Waals surface area contributed by atoms with E-state index in [2.05, 4.69) is 10.4 Å². The largest absolute Gasteiger partial charge is 0.493 e. The van der Waals surface area contributed by atoms with Crippen LogP contribution in [-0.4, -0.2) is 27.7 Å². The molecular weight excluding hydrogens is 436 g/mol. The van der Waals surface area contributed by atoms with Crippen LogP contribution < -0.4 is 14.8 Å². The quantitative estimate of drug-likeness (QED) is 0.355. The second-order valence-electron chi connectivity index (χ2n) is 7.07. The number of para-hydroxylation sites is 2. The van der Waals surface area contributed by atoms with Crippen LogP contribution in [0.4, 0.5) is 11.4 Å². The number of nitro groups is 1. The highest BCUT2D eigenvalue weighted by Gasteiger charge is 2.24. The van der Waals surface area contributed by atoms with Crippen LogP contribution in [0, 0.1) is 24.0 Å². The molecule has 168 valence electrons. The van der Waals surface area contributed by atoms with E-state index in [-0.39, 0.29) is 23.0 Å². The zero-order valence-electron chi connectivity index (χ0n) is 18.1. The molecule has 0 aliphatic heterocycles. The Morgan fingerprint density at radius 3 is 2.50 bits per heavy atom. The van der Waals surface area contributed by atoms with Crippen LogP contribution in [0.1, 0.15) is 30.8 Å². The molecule has 1 aromatic heterocycles. The Labute approximate surface area is 190 Å². The molecule has 0 radical (unpaired) electrons. The maximum atomic E-state index is 13.0. The molecule has 1 atom stereocenters. The van der Waals surface area contributed by atoms with E-state index in [9.17, 15) is 14.9 Å². The number of carbonyl (C=O) groups excluding carboxylic acids is 1. The minimum absolute atomic E-state index is 0.182. The second kappa shape index (κ2) is 9.69. The van der Waals surface area contributed by atoms with E-state index in [0.717, 1.165) is 0 Å². The van der Waals surface area contributed by atoms with Crippen molar-refractivity contribution in [3.8, 4) is 17.2 Å². The lowest BCUT2D eigenvalue weighted by atomic mass is 10.2. The number of halogens is 1. The lowest BCUT2D eigenvalue weighted by molar-refractivity contribution is -0.384. The Kier molecular flexibility index (Phi) is 6.99. The fourth-order valence-corrected chi connectivity index (χ4v) is 3.42. The predicted octanol–water partition coefficient (Wildman–Crippen LogP) is 5.45. The van der Waals surface area contributed by atoms with Crippen molar-refractivity contribution in [2.24, 2.45) is 0 Å². The average molecular weight is 459 g/mol. The molecular formula is C22H23ClN4O5. The molecule has 0 aliphatic carbocycles. The van der Waals surface area contributed by atoms with Gasteiger partial charge in [-0.3, -0.25) is 19.6 Å². The number of ether oxygens (including phenoxy) is 2. The van der Waals surface area contributed by atoms with E-state index < -0.39 is 11.0 Å². The van der Waals surface area contributed by atoms with Gasteiger partial charge in [-0.15, -0.1) is 0 Å². The first-order valence-corrected chi connectivity index (χ1v) is 10.2. The summed E-state index contributed by atoms with van der Waals surface area (Å²) in [6, 6.07) is 10.3. The third kappa shape index (κ3) is 4.83. The number of rotatable bonds is 8. The van der Waals surface area contributed by atoms with E-state index in [1.807, 2.05) is 6.92 Å². The summed E-state index contributed by atoms with van der Waals surface area (Å²) in [6.07, 6.45) is 0.448. The number of methoxy groups -OCH3 is 1. The Morgan fingerprint density at radius 1 is 1.25 bits per heavy atom. The molecule has 10 heteroatoms. The minimum atomic E-state index is -0.640. The maximum absolute atomic E-state index is 13.0. The third-order valence-electron chi connectivity index (χ3n) is 4.89. The number of nitro benzene ring substituents is 1. The summed E-state index contributed by atoms with van der Waals surface area (Å²) in [5, 5.41) is 19.0. The average Bonchev–Trinajstić information content (AvgIpc) is 3.01. The lowest BCUT2D eigenvalue weighted by Crippen LogP contribution is -2.27. The molecule has 9 nitrogen and oxygen atoms in total. The molecule has 0 fully saturated rings. The van der Waals surface area contributed by atoms with Gasteiger partial charge >= 0.3 is 0 Å². The number of aryl methyl sites for hydroxylation is 1. The molecule has 2 aromatic carbocycles. The molecule has 1 N–H and O–H groups in total. The van der Waals surface area contributed by atoms with Gasteiger partial charge in [0.1, 0.15) is 11.8 Å².